The number of carbonyl (C=O) groups excluding carboxylic acids is 1. The van der Waals surface area contributed by atoms with E-state index in [1.54, 1.807) is 26.3 Å². The molecule has 110 valence electrons. The molecule has 0 spiro atoms. The van der Waals surface area contributed by atoms with E-state index in [2.05, 4.69) is 10.6 Å². The summed E-state index contributed by atoms with van der Waals surface area (Å²) in [7, 11) is 3.20. The highest BCUT2D eigenvalue weighted by Crippen LogP contribution is 2.25. The number of methoxy groups -OCH3 is 1. The summed E-state index contributed by atoms with van der Waals surface area (Å²) < 4.78 is 5.12. The highest BCUT2D eigenvalue weighted by atomic mass is 35.5. The molecule has 0 fully saturated rings. The first-order valence-corrected chi connectivity index (χ1v) is 6.90. The largest absolute Gasteiger partial charge is 0.495 e. The number of carbonyl (C=O) groups is 1. The fourth-order valence-electron chi connectivity index (χ4n) is 1.91. The summed E-state index contributed by atoms with van der Waals surface area (Å²) in [5, 5.41) is 6.46. The molecule has 2 aromatic rings. The van der Waals surface area contributed by atoms with Crippen LogP contribution in [0.1, 0.15) is 15.9 Å². The van der Waals surface area contributed by atoms with Crippen LogP contribution >= 0.6 is 11.6 Å². The van der Waals surface area contributed by atoms with Crippen LogP contribution in [0.5, 0.6) is 5.75 Å². The SMILES string of the molecule is CNC(=O)c1ccc(NCc2ccc(OC)c(Cl)c2)cc1. The third kappa shape index (κ3) is 3.89. The zero-order valence-electron chi connectivity index (χ0n) is 11.9. The normalized spacial score (nSPS) is 10.0. The first kappa shape index (κ1) is 15.2. The van der Waals surface area contributed by atoms with Crippen LogP contribution in [0.4, 0.5) is 5.69 Å². The lowest BCUT2D eigenvalue weighted by atomic mass is 10.1. The third-order valence-corrected chi connectivity index (χ3v) is 3.38. The van der Waals surface area contributed by atoms with Crippen molar-refractivity contribution >= 4 is 23.2 Å². The average molecular weight is 305 g/mol. The number of amides is 1. The fraction of sp³-hybridized carbons (Fsp3) is 0.188. The maximum atomic E-state index is 11.4. The molecule has 0 saturated carbocycles. The molecule has 0 aliphatic heterocycles. The summed E-state index contributed by atoms with van der Waals surface area (Å²) in [6, 6.07) is 13.0. The molecular weight excluding hydrogens is 288 g/mol. The zero-order valence-corrected chi connectivity index (χ0v) is 12.7. The Labute approximate surface area is 129 Å². The lowest BCUT2D eigenvalue weighted by Gasteiger charge is -2.09. The van der Waals surface area contributed by atoms with E-state index in [0.717, 1.165) is 11.3 Å². The molecule has 0 saturated heterocycles. The summed E-state index contributed by atoms with van der Waals surface area (Å²) in [4.78, 5) is 11.4. The van der Waals surface area contributed by atoms with Crippen molar-refractivity contribution in [3.63, 3.8) is 0 Å². The van der Waals surface area contributed by atoms with Crippen LogP contribution in [0.3, 0.4) is 0 Å². The quantitative estimate of drug-likeness (QED) is 0.891. The van der Waals surface area contributed by atoms with Gasteiger partial charge < -0.3 is 15.4 Å². The molecule has 2 N–H and O–H groups in total. The van der Waals surface area contributed by atoms with Crippen LogP contribution in [0.25, 0.3) is 0 Å². The highest BCUT2D eigenvalue weighted by Gasteiger charge is 2.04. The molecular formula is C16H17ClN2O2. The van der Waals surface area contributed by atoms with Crippen LogP contribution in [0, 0.1) is 0 Å². The van der Waals surface area contributed by atoms with Gasteiger partial charge in [-0.05, 0) is 42.0 Å². The molecule has 5 heteroatoms. The maximum Gasteiger partial charge on any atom is 0.251 e. The molecule has 0 radical (unpaired) electrons. The molecule has 1 amide bonds. The summed E-state index contributed by atoms with van der Waals surface area (Å²) in [6.45, 7) is 0.642. The minimum Gasteiger partial charge on any atom is -0.495 e. The minimum atomic E-state index is -0.0940. The van der Waals surface area contributed by atoms with Gasteiger partial charge in [-0.15, -0.1) is 0 Å². The third-order valence-electron chi connectivity index (χ3n) is 3.09. The van der Waals surface area contributed by atoms with E-state index in [-0.39, 0.29) is 5.91 Å². The molecule has 0 unspecified atom stereocenters. The number of ether oxygens (including phenoxy) is 1. The van der Waals surface area contributed by atoms with E-state index in [1.807, 2.05) is 30.3 Å². The Kier molecular flexibility index (Phi) is 5.06. The summed E-state index contributed by atoms with van der Waals surface area (Å²) in [5.41, 5.74) is 2.63. The summed E-state index contributed by atoms with van der Waals surface area (Å²) in [6.07, 6.45) is 0. The second-order valence-electron chi connectivity index (χ2n) is 4.48. The van der Waals surface area contributed by atoms with Crippen molar-refractivity contribution in [3.8, 4) is 5.75 Å². The van der Waals surface area contributed by atoms with E-state index in [0.29, 0.717) is 22.9 Å². The van der Waals surface area contributed by atoms with Crippen molar-refractivity contribution in [3.05, 3.63) is 58.6 Å². The Bertz CT molecular complexity index is 627. The van der Waals surface area contributed by atoms with Crippen molar-refractivity contribution in [2.75, 3.05) is 19.5 Å². The lowest BCUT2D eigenvalue weighted by molar-refractivity contribution is 0.0963. The van der Waals surface area contributed by atoms with E-state index >= 15 is 0 Å². The highest BCUT2D eigenvalue weighted by molar-refractivity contribution is 6.32. The van der Waals surface area contributed by atoms with Gasteiger partial charge in [0.05, 0.1) is 12.1 Å². The number of rotatable bonds is 5. The van der Waals surface area contributed by atoms with Crippen LogP contribution in [-0.2, 0) is 6.54 Å². The second kappa shape index (κ2) is 6.99. The van der Waals surface area contributed by atoms with Crippen molar-refractivity contribution in [1.29, 1.82) is 0 Å². The van der Waals surface area contributed by atoms with E-state index in [1.165, 1.54) is 0 Å². The molecule has 2 rings (SSSR count). The van der Waals surface area contributed by atoms with Crippen molar-refractivity contribution < 1.29 is 9.53 Å². The molecule has 4 nitrogen and oxygen atoms in total. The van der Waals surface area contributed by atoms with Crippen molar-refractivity contribution in [2.45, 2.75) is 6.54 Å². The molecule has 0 aliphatic rings. The van der Waals surface area contributed by atoms with Gasteiger partial charge >= 0.3 is 0 Å². The number of anilines is 1. The topological polar surface area (TPSA) is 50.4 Å². The second-order valence-corrected chi connectivity index (χ2v) is 4.89. The summed E-state index contributed by atoms with van der Waals surface area (Å²) >= 11 is 6.09. The summed E-state index contributed by atoms with van der Waals surface area (Å²) in [5.74, 6) is 0.568. The average Bonchev–Trinajstić information content (AvgIpc) is 2.52. The van der Waals surface area contributed by atoms with Gasteiger partial charge in [-0.1, -0.05) is 17.7 Å². The van der Waals surface area contributed by atoms with Crippen molar-refractivity contribution in [2.24, 2.45) is 0 Å². The Hall–Kier alpha value is -2.20. The van der Waals surface area contributed by atoms with Crippen molar-refractivity contribution in [1.82, 2.24) is 5.32 Å². The van der Waals surface area contributed by atoms with Crippen LogP contribution in [-0.4, -0.2) is 20.1 Å². The maximum absolute atomic E-state index is 11.4. The molecule has 21 heavy (non-hydrogen) atoms. The smallest absolute Gasteiger partial charge is 0.251 e. The zero-order chi connectivity index (χ0) is 15.2. The number of halogens is 1. The van der Waals surface area contributed by atoms with Gasteiger partial charge in [0.25, 0.3) is 5.91 Å². The molecule has 0 atom stereocenters. The van der Waals surface area contributed by atoms with Gasteiger partial charge in [0.1, 0.15) is 5.75 Å². The molecule has 0 aromatic heterocycles. The molecule has 0 bridgehead atoms. The number of hydrogen-bond donors (Lipinski definition) is 2. The Morgan fingerprint density at radius 2 is 1.90 bits per heavy atom. The first-order chi connectivity index (χ1) is 10.1. The first-order valence-electron chi connectivity index (χ1n) is 6.52. The predicted molar refractivity (Wildman–Crippen MR) is 85.2 cm³/mol. The predicted octanol–water partition coefficient (Wildman–Crippen LogP) is 3.32. The number of nitrogens with one attached hydrogen (secondary N) is 2. The molecule has 0 heterocycles. The van der Waals surface area contributed by atoms with Gasteiger partial charge in [-0.3, -0.25) is 4.79 Å². The van der Waals surface area contributed by atoms with E-state index < -0.39 is 0 Å². The van der Waals surface area contributed by atoms with Crippen LogP contribution < -0.4 is 15.4 Å². The fourth-order valence-corrected chi connectivity index (χ4v) is 2.19. The lowest BCUT2D eigenvalue weighted by Crippen LogP contribution is -2.17. The van der Waals surface area contributed by atoms with Gasteiger partial charge in [-0.25, -0.2) is 0 Å². The van der Waals surface area contributed by atoms with E-state index in [9.17, 15) is 4.79 Å². The van der Waals surface area contributed by atoms with Crippen LogP contribution in [0.2, 0.25) is 5.02 Å². The number of benzene rings is 2. The van der Waals surface area contributed by atoms with Gasteiger partial charge in [0.2, 0.25) is 0 Å². The Morgan fingerprint density at radius 1 is 1.19 bits per heavy atom. The van der Waals surface area contributed by atoms with Crippen LogP contribution in [0.15, 0.2) is 42.5 Å². The monoisotopic (exact) mass is 304 g/mol. The standard InChI is InChI=1S/C16H17ClN2O2/c1-18-16(20)12-4-6-13(7-5-12)19-10-11-3-8-15(21-2)14(17)9-11/h3-9,19H,10H2,1-2H3,(H,18,20). The Balaban J connectivity index is 1.99. The molecule has 0 aliphatic carbocycles. The minimum absolute atomic E-state index is 0.0940. The van der Waals surface area contributed by atoms with Gasteiger partial charge in [-0.2, -0.15) is 0 Å². The molecule has 2 aromatic carbocycles. The van der Waals surface area contributed by atoms with Gasteiger partial charge in [0.15, 0.2) is 0 Å². The van der Waals surface area contributed by atoms with E-state index in [4.69, 9.17) is 16.3 Å². The number of hydrogen-bond acceptors (Lipinski definition) is 3. The Morgan fingerprint density at radius 3 is 2.48 bits per heavy atom. The van der Waals surface area contributed by atoms with Gasteiger partial charge in [0, 0.05) is 24.8 Å².